The van der Waals surface area contributed by atoms with Gasteiger partial charge in [0.05, 0.1) is 17.5 Å². The lowest BCUT2D eigenvalue weighted by Gasteiger charge is -2.11. The third-order valence-corrected chi connectivity index (χ3v) is 5.56. The van der Waals surface area contributed by atoms with Gasteiger partial charge in [0.15, 0.2) is 0 Å². The summed E-state index contributed by atoms with van der Waals surface area (Å²) < 4.78 is 12.9. The number of amides is 1. The Morgan fingerprint density at radius 2 is 2.03 bits per heavy atom. The second-order valence-corrected chi connectivity index (χ2v) is 7.90. The van der Waals surface area contributed by atoms with Crippen molar-refractivity contribution in [2.24, 2.45) is 0 Å². The van der Waals surface area contributed by atoms with E-state index in [1.807, 2.05) is 30.3 Å². The predicted molar refractivity (Wildman–Crippen MR) is 124 cm³/mol. The molecule has 1 saturated heterocycles. The zero-order valence-corrected chi connectivity index (χ0v) is 18.4. The molecule has 3 aromatic rings. The summed E-state index contributed by atoms with van der Waals surface area (Å²) in [5, 5.41) is 16.9. The molecular formula is C25H27N5O3. The fraction of sp³-hybridized carbons (Fsp3) is 0.320. The molecule has 0 saturated carbocycles. The number of aryl methyl sites for hydroxylation is 1. The smallest absolute Gasteiger partial charge is 0.251 e. The molecule has 3 N–H and O–H groups in total. The number of carbonyl (C=O) groups excluding carboxylic acids is 1. The van der Waals surface area contributed by atoms with Crippen LogP contribution in [0.3, 0.4) is 0 Å². The number of hydrogen-bond acceptors (Lipinski definition) is 6. The highest BCUT2D eigenvalue weighted by Gasteiger charge is 2.17. The number of nitrogens with two attached hydrogens (primary N) is 1. The van der Waals surface area contributed by atoms with Gasteiger partial charge < -0.3 is 20.5 Å². The van der Waals surface area contributed by atoms with Crippen LogP contribution in [0.4, 0.5) is 5.82 Å². The lowest BCUT2D eigenvalue weighted by atomic mass is 10.1. The Hall–Kier alpha value is -3.83. The zero-order valence-electron chi connectivity index (χ0n) is 18.4. The maximum atomic E-state index is 12.4. The Kier molecular flexibility index (Phi) is 7.22. The van der Waals surface area contributed by atoms with Crippen LogP contribution in [-0.2, 0) is 11.2 Å². The number of nitrogens with one attached hydrogen (secondary N) is 1. The molecule has 0 bridgehead atoms. The minimum absolute atomic E-state index is 0.156. The lowest BCUT2D eigenvalue weighted by molar-refractivity contribution is 0.0679. The molecular weight excluding hydrogens is 418 g/mol. The van der Waals surface area contributed by atoms with Crippen molar-refractivity contribution in [3.63, 3.8) is 0 Å². The van der Waals surface area contributed by atoms with E-state index in [1.165, 1.54) is 0 Å². The quantitative estimate of drug-likeness (QED) is 0.489. The van der Waals surface area contributed by atoms with Gasteiger partial charge in [-0.05, 0) is 62.1 Å². The Morgan fingerprint density at radius 3 is 2.73 bits per heavy atom. The molecule has 8 heteroatoms. The van der Waals surface area contributed by atoms with Crippen molar-refractivity contribution in [3.8, 4) is 17.5 Å². The second kappa shape index (κ2) is 10.7. The summed E-state index contributed by atoms with van der Waals surface area (Å²) in [6.07, 6.45) is 3.42. The van der Waals surface area contributed by atoms with Gasteiger partial charge in [-0.3, -0.25) is 4.79 Å². The first-order chi connectivity index (χ1) is 16.2. The highest BCUT2D eigenvalue weighted by Crippen LogP contribution is 2.21. The number of benzene rings is 2. The number of ether oxygens (including phenoxy) is 2. The van der Waals surface area contributed by atoms with E-state index in [2.05, 4.69) is 16.5 Å². The summed E-state index contributed by atoms with van der Waals surface area (Å²) in [5.41, 5.74) is 8.50. The molecule has 0 aliphatic carbocycles. The highest BCUT2D eigenvalue weighted by molar-refractivity contribution is 5.94. The number of nitrogens with zero attached hydrogens (tertiary/aromatic N) is 3. The van der Waals surface area contributed by atoms with E-state index < -0.39 is 0 Å². The van der Waals surface area contributed by atoms with Crippen LogP contribution >= 0.6 is 0 Å². The minimum atomic E-state index is -0.157. The van der Waals surface area contributed by atoms with E-state index in [1.54, 1.807) is 28.9 Å². The first kappa shape index (κ1) is 22.4. The molecule has 0 radical (unpaired) electrons. The van der Waals surface area contributed by atoms with E-state index in [0.717, 1.165) is 30.9 Å². The van der Waals surface area contributed by atoms with Crippen molar-refractivity contribution >= 4 is 11.7 Å². The first-order valence-electron chi connectivity index (χ1n) is 11.1. The van der Waals surface area contributed by atoms with Crippen LogP contribution in [-0.4, -0.2) is 41.6 Å². The minimum Gasteiger partial charge on any atom is -0.491 e. The van der Waals surface area contributed by atoms with Gasteiger partial charge in [0.1, 0.15) is 29.8 Å². The number of para-hydroxylation sites is 1. The summed E-state index contributed by atoms with van der Waals surface area (Å²) in [4.78, 5) is 12.4. The number of nitrogen functional groups attached to an aromatic ring is 1. The molecule has 1 aromatic heterocycles. The largest absolute Gasteiger partial charge is 0.491 e. The van der Waals surface area contributed by atoms with Crippen molar-refractivity contribution in [3.05, 3.63) is 71.4 Å². The van der Waals surface area contributed by atoms with Gasteiger partial charge in [0, 0.05) is 18.7 Å². The first-order valence-corrected chi connectivity index (χ1v) is 11.1. The normalized spacial score (nSPS) is 15.2. The van der Waals surface area contributed by atoms with Crippen molar-refractivity contribution in [2.45, 2.75) is 31.8 Å². The van der Waals surface area contributed by atoms with Gasteiger partial charge in [0.2, 0.25) is 0 Å². The summed E-state index contributed by atoms with van der Waals surface area (Å²) in [6.45, 7) is 1.78. The average Bonchev–Trinajstić information content (AvgIpc) is 3.48. The van der Waals surface area contributed by atoms with Gasteiger partial charge in [-0.15, -0.1) is 0 Å². The van der Waals surface area contributed by atoms with Crippen molar-refractivity contribution in [2.75, 3.05) is 25.5 Å². The molecule has 1 aliphatic rings. The van der Waals surface area contributed by atoms with Crippen molar-refractivity contribution < 1.29 is 14.3 Å². The van der Waals surface area contributed by atoms with E-state index >= 15 is 0 Å². The molecule has 1 unspecified atom stereocenters. The van der Waals surface area contributed by atoms with Gasteiger partial charge >= 0.3 is 0 Å². The predicted octanol–water partition coefficient (Wildman–Crippen LogP) is 3.25. The molecule has 8 nitrogen and oxygen atoms in total. The number of anilines is 1. The Labute approximate surface area is 192 Å². The number of carbonyl (C=O) groups is 1. The van der Waals surface area contributed by atoms with Crippen LogP contribution in [0.2, 0.25) is 0 Å². The molecule has 1 amide bonds. The van der Waals surface area contributed by atoms with Crippen LogP contribution in [0.15, 0.2) is 54.6 Å². The number of aromatic nitrogens is 2. The van der Waals surface area contributed by atoms with Crippen molar-refractivity contribution in [1.82, 2.24) is 15.1 Å². The molecule has 1 atom stereocenters. The number of hydrogen-bond donors (Lipinski definition) is 2. The molecule has 2 heterocycles. The van der Waals surface area contributed by atoms with Crippen LogP contribution in [0.1, 0.15) is 40.9 Å². The van der Waals surface area contributed by atoms with Gasteiger partial charge in [-0.25, -0.2) is 4.68 Å². The topological polar surface area (TPSA) is 115 Å². The number of rotatable bonds is 9. The highest BCUT2D eigenvalue weighted by atomic mass is 16.5. The average molecular weight is 446 g/mol. The summed E-state index contributed by atoms with van der Waals surface area (Å²) in [7, 11) is 0. The van der Waals surface area contributed by atoms with E-state index in [-0.39, 0.29) is 12.0 Å². The molecule has 33 heavy (non-hydrogen) atoms. The Balaban J connectivity index is 1.26. The van der Waals surface area contributed by atoms with Gasteiger partial charge in [0.25, 0.3) is 5.91 Å². The lowest BCUT2D eigenvalue weighted by Crippen LogP contribution is -2.24. The van der Waals surface area contributed by atoms with Crippen LogP contribution in [0, 0.1) is 11.3 Å². The Bertz CT molecular complexity index is 1110. The fourth-order valence-electron chi connectivity index (χ4n) is 3.77. The number of nitriles is 1. The van der Waals surface area contributed by atoms with E-state index in [9.17, 15) is 10.1 Å². The molecule has 170 valence electrons. The molecule has 2 aromatic carbocycles. The fourth-order valence-corrected chi connectivity index (χ4v) is 3.77. The monoisotopic (exact) mass is 445 g/mol. The molecule has 1 aliphatic heterocycles. The maximum absolute atomic E-state index is 12.4. The third-order valence-electron chi connectivity index (χ3n) is 5.56. The molecule has 0 spiro atoms. The van der Waals surface area contributed by atoms with Gasteiger partial charge in [-0.1, -0.05) is 18.2 Å². The molecule has 4 rings (SSSR count). The SMILES string of the molecule is N#Cc1c(CCCNC(=O)c2ccc(OCC3CCCO3)cc2)nn(-c2ccccc2)c1N. The summed E-state index contributed by atoms with van der Waals surface area (Å²) in [5.74, 6) is 0.887. The maximum Gasteiger partial charge on any atom is 0.251 e. The van der Waals surface area contributed by atoms with E-state index in [0.29, 0.717) is 48.6 Å². The Morgan fingerprint density at radius 1 is 1.24 bits per heavy atom. The molecule has 1 fully saturated rings. The second-order valence-electron chi connectivity index (χ2n) is 7.90. The zero-order chi connectivity index (χ0) is 23.0. The van der Waals surface area contributed by atoms with E-state index in [4.69, 9.17) is 15.2 Å². The van der Waals surface area contributed by atoms with Crippen LogP contribution < -0.4 is 15.8 Å². The summed E-state index contributed by atoms with van der Waals surface area (Å²) in [6, 6.07) is 18.7. The van der Waals surface area contributed by atoms with Gasteiger partial charge in [-0.2, -0.15) is 10.4 Å². The van der Waals surface area contributed by atoms with Crippen LogP contribution in [0.5, 0.6) is 5.75 Å². The third kappa shape index (κ3) is 5.51. The van der Waals surface area contributed by atoms with Crippen LogP contribution in [0.25, 0.3) is 5.69 Å². The van der Waals surface area contributed by atoms with Crippen molar-refractivity contribution in [1.29, 1.82) is 5.26 Å². The standard InChI is InChI=1S/C25H27N5O3/c26-16-22-23(29-30(24(22)27)19-6-2-1-3-7-19)9-4-14-28-25(31)18-10-12-20(13-11-18)33-17-21-8-5-15-32-21/h1-3,6-7,10-13,21H,4-5,8-9,14-15,17,27H2,(H,28,31). The summed E-state index contributed by atoms with van der Waals surface area (Å²) >= 11 is 0.